The topological polar surface area (TPSA) is 12.0 Å². The molecular weight excluding hydrogens is 342 g/mol. The molecular formula is C18H22BrNS. The van der Waals surface area contributed by atoms with E-state index in [9.17, 15) is 0 Å². The summed E-state index contributed by atoms with van der Waals surface area (Å²) in [4.78, 5) is 1.32. The maximum absolute atomic E-state index is 3.47. The Morgan fingerprint density at radius 1 is 0.952 bits per heavy atom. The van der Waals surface area contributed by atoms with Crippen molar-refractivity contribution in [1.29, 1.82) is 0 Å². The van der Waals surface area contributed by atoms with E-state index in [0.717, 1.165) is 23.3 Å². The minimum Gasteiger partial charge on any atom is -0.312 e. The number of rotatable bonds is 7. The number of hydrogen-bond donors (Lipinski definition) is 1. The van der Waals surface area contributed by atoms with Gasteiger partial charge in [0, 0.05) is 21.7 Å². The number of thioether (sulfide) groups is 1. The van der Waals surface area contributed by atoms with Crippen molar-refractivity contribution in [3.8, 4) is 0 Å². The van der Waals surface area contributed by atoms with Crippen molar-refractivity contribution in [3.63, 3.8) is 0 Å². The second-order valence-electron chi connectivity index (χ2n) is 5.58. The van der Waals surface area contributed by atoms with Crippen molar-refractivity contribution in [3.05, 3.63) is 64.1 Å². The van der Waals surface area contributed by atoms with E-state index in [4.69, 9.17) is 0 Å². The molecule has 0 unspecified atom stereocenters. The van der Waals surface area contributed by atoms with Crippen molar-refractivity contribution in [2.24, 2.45) is 5.92 Å². The average Bonchev–Trinajstić information content (AvgIpc) is 2.48. The fourth-order valence-corrected chi connectivity index (χ4v) is 3.07. The van der Waals surface area contributed by atoms with E-state index in [0.29, 0.717) is 5.92 Å². The Morgan fingerprint density at radius 3 is 2.19 bits per heavy atom. The van der Waals surface area contributed by atoms with Crippen molar-refractivity contribution in [2.75, 3.05) is 6.54 Å². The monoisotopic (exact) mass is 363 g/mol. The van der Waals surface area contributed by atoms with Crippen LogP contribution in [0.3, 0.4) is 0 Å². The number of hydrogen-bond acceptors (Lipinski definition) is 2. The Balaban J connectivity index is 1.80. The number of halogens is 1. The first kappa shape index (κ1) is 16.6. The van der Waals surface area contributed by atoms with E-state index >= 15 is 0 Å². The lowest BCUT2D eigenvalue weighted by Crippen LogP contribution is -2.18. The Bertz CT molecular complexity index is 534. The maximum atomic E-state index is 3.47. The summed E-state index contributed by atoms with van der Waals surface area (Å²) < 4.78 is 1.13. The summed E-state index contributed by atoms with van der Waals surface area (Å²) >= 11 is 5.35. The summed E-state index contributed by atoms with van der Waals surface area (Å²) in [7, 11) is 0. The third-order valence-corrected chi connectivity index (χ3v) is 4.74. The van der Waals surface area contributed by atoms with E-state index < -0.39 is 0 Å². The van der Waals surface area contributed by atoms with Gasteiger partial charge in [0.2, 0.25) is 0 Å². The molecule has 0 atom stereocenters. The maximum Gasteiger partial charge on any atom is 0.0232 e. The molecule has 0 aliphatic heterocycles. The molecule has 0 saturated carbocycles. The summed E-state index contributed by atoms with van der Waals surface area (Å²) in [5.41, 5.74) is 2.70. The molecule has 112 valence electrons. The molecule has 0 aromatic heterocycles. The molecule has 0 spiro atoms. The first-order valence-corrected chi connectivity index (χ1v) is 9.08. The lowest BCUT2D eigenvalue weighted by Gasteiger charge is -2.08. The van der Waals surface area contributed by atoms with Gasteiger partial charge in [0.15, 0.2) is 0 Å². The zero-order valence-electron chi connectivity index (χ0n) is 12.6. The van der Waals surface area contributed by atoms with Crippen LogP contribution < -0.4 is 5.32 Å². The molecule has 1 nitrogen and oxygen atoms in total. The van der Waals surface area contributed by atoms with Crippen LogP contribution in [0.25, 0.3) is 0 Å². The summed E-state index contributed by atoms with van der Waals surface area (Å²) in [6.45, 7) is 6.49. The van der Waals surface area contributed by atoms with Crippen LogP contribution in [0.1, 0.15) is 25.0 Å². The SMILES string of the molecule is CC(C)CNCc1ccc(SCc2ccc(Br)cc2)cc1. The second-order valence-corrected chi connectivity index (χ2v) is 7.55. The average molecular weight is 364 g/mol. The minimum absolute atomic E-state index is 0.700. The van der Waals surface area contributed by atoms with Gasteiger partial charge in [-0.25, -0.2) is 0 Å². The Morgan fingerprint density at radius 2 is 1.57 bits per heavy atom. The zero-order valence-corrected chi connectivity index (χ0v) is 15.0. The van der Waals surface area contributed by atoms with Crippen molar-refractivity contribution in [1.82, 2.24) is 5.32 Å². The summed E-state index contributed by atoms with van der Waals surface area (Å²) in [5, 5.41) is 3.47. The van der Waals surface area contributed by atoms with E-state index in [-0.39, 0.29) is 0 Å². The first-order chi connectivity index (χ1) is 10.1. The van der Waals surface area contributed by atoms with Crippen LogP contribution in [0, 0.1) is 5.92 Å². The van der Waals surface area contributed by atoms with Gasteiger partial charge in [-0.05, 0) is 47.9 Å². The van der Waals surface area contributed by atoms with Crippen LogP contribution in [-0.2, 0) is 12.3 Å². The highest BCUT2D eigenvalue weighted by atomic mass is 79.9. The zero-order chi connectivity index (χ0) is 15.1. The highest BCUT2D eigenvalue weighted by Gasteiger charge is 1.99. The molecule has 0 amide bonds. The van der Waals surface area contributed by atoms with Crippen LogP contribution >= 0.6 is 27.7 Å². The summed E-state index contributed by atoms with van der Waals surface area (Å²) in [6.07, 6.45) is 0. The van der Waals surface area contributed by atoms with Gasteiger partial charge in [0.1, 0.15) is 0 Å². The fourth-order valence-electron chi connectivity index (χ4n) is 1.96. The predicted molar refractivity (Wildman–Crippen MR) is 96.7 cm³/mol. The largest absolute Gasteiger partial charge is 0.312 e. The van der Waals surface area contributed by atoms with Crippen molar-refractivity contribution in [2.45, 2.75) is 31.0 Å². The lowest BCUT2D eigenvalue weighted by molar-refractivity contribution is 0.552. The van der Waals surface area contributed by atoms with Gasteiger partial charge in [-0.3, -0.25) is 0 Å². The molecule has 0 bridgehead atoms. The molecule has 0 saturated heterocycles. The molecule has 0 aliphatic rings. The van der Waals surface area contributed by atoms with Gasteiger partial charge in [-0.2, -0.15) is 0 Å². The van der Waals surface area contributed by atoms with Crippen molar-refractivity contribution >= 4 is 27.7 Å². The summed E-state index contributed by atoms with van der Waals surface area (Å²) in [5.74, 6) is 1.71. The normalized spacial score (nSPS) is 11.0. The van der Waals surface area contributed by atoms with E-state index in [1.165, 1.54) is 16.0 Å². The van der Waals surface area contributed by atoms with Gasteiger partial charge in [-0.15, -0.1) is 11.8 Å². The highest BCUT2D eigenvalue weighted by molar-refractivity contribution is 9.10. The third-order valence-electron chi connectivity index (χ3n) is 3.12. The molecule has 3 heteroatoms. The predicted octanol–water partition coefficient (Wildman–Crippen LogP) is 5.49. The third kappa shape index (κ3) is 6.25. The Kier molecular flexibility index (Phi) is 6.81. The molecule has 2 aromatic rings. The second kappa shape index (κ2) is 8.62. The van der Waals surface area contributed by atoms with Crippen LogP contribution in [0.5, 0.6) is 0 Å². The molecule has 0 fully saturated rings. The number of nitrogens with one attached hydrogen (secondary N) is 1. The van der Waals surface area contributed by atoms with Crippen LogP contribution in [0.2, 0.25) is 0 Å². The first-order valence-electron chi connectivity index (χ1n) is 7.30. The molecule has 21 heavy (non-hydrogen) atoms. The smallest absolute Gasteiger partial charge is 0.0232 e. The minimum atomic E-state index is 0.700. The Hall–Kier alpha value is -0.770. The van der Waals surface area contributed by atoms with Crippen molar-refractivity contribution < 1.29 is 0 Å². The van der Waals surface area contributed by atoms with Gasteiger partial charge in [0.25, 0.3) is 0 Å². The van der Waals surface area contributed by atoms with E-state index in [2.05, 4.69) is 83.6 Å². The standard InChI is InChI=1S/C18H22BrNS/c1-14(2)11-20-12-15-5-9-18(10-6-15)21-13-16-3-7-17(19)8-4-16/h3-10,14,20H,11-13H2,1-2H3. The van der Waals surface area contributed by atoms with Gasteiger partial charge < -0.3 is 5.32 Å². The molecule has 0 aliphatic carbocycles. The fraction of sp³-hybridized carbons (Fsp3) is 0.333. The van der Waals surface area contributed by atoms with E-state index in [1.807, 2.05) is 11.8 Å². The molecule has 2 aromatic carbocycles. The van der Waals surface area contributed by atoms with Crippen LogP contribution in [-0.4, -0.2) is 6.54 Å². The molecule has 1 N–H and O–H groups in total. The molecule has 0 radical (unpaired) electrons. The van der Waals surface area contributed by atoms with Crippen LogP contribution in [0.4, 0.5) is 0 Å². The summed E-state index contributed by atoms with van der Waals surface area (Å²) in [6, 6.07) is 17.4. The van der Waals surface area contributed by atoms with Crippen LogP contribution in [0.15, 0.2) is 57.9 Å². The van der Waals surface area contributed by atoms with E-state index in [1.54, 1.807) is 0 Å². The van der Waals surface area contributed by atoms with Gasteiger partial charge in [0.05, 0.1) is 0 Å². The molecule has 0 heterocycles. The van der Waals surface area contributed by atoms with Gasteiger partial charge >= 0.3 is 0 Å². The Labute approximate surface area is 140 Å². The quantitative estimate of drug-likeness (QED) is 0.652. The number of benzene rings is 2. The highest BCUT2D eigenvalue weighted by Crippen LogP contribution is 2.23. The lowest BCUT2D eigenvalue weighted by atomic mass is 10.2. The molecule has 2 rings (SSSR count). The van der Waals surface area contributed by atoms with Gasteiger partial charge in [-0.1, -0.05) is 54.0 Å².